The molecule has 0 unspecified atom stereocenters. The Bertz CT molecular complexity index is 673. The minimum Gasteiger partial charge on any atom is -0.321 e. The number of nitrogens with zero attached hydrogens (tertiary/aromatic N) is 2. The Morgan fingerprint density at radius 3 is 1.47 bits per heavy atom. The molecule has 0 fully saturated rings. The van der Waals surface area contributed by atoms with Gasteiger partial charge in [-0.25, -0.2) is 0 Å². The zero-order valence-electron chi connectivity index (χ0n) is 10.7. The molecule has 2 aromatic carbocycles. The molecular weight excluding hydrogens is 370 g/mol. The minimum atomic E-state index is 0.524. The molecule has 19 heavy (non-hydrogen) atoms. The van der Waals surface area contributed by atoms with Gasteiger partial charge in [0.05, 0.1) is 0 Å². The monoisotopic (exact) mass is 378 g/mol. The summed E-state index contributed by atoms with van der Waals surface area (Å²) in [6, 6.07) is 15.3. The third-order valence-electron chi connectivity index (χ3n) is 2.66. The van der Waals surface area contributed by atoms with Gasteiger partial charge in [0.15, 0.2) is 13.1 Å². The number of H-pyrrole nitrogens is 1. The van der Waals surface area contributed by atoms with E-state index in [1.54, 1.807) is 0 Å². The highest BCUT2D eigenvalue weighted by atomic mass is 79.9. The number of rotatable bonds is 2. The first-order chi connectivity index (χ1) is 9.65. The Morgan fingerprint density at radius 1 is 0.737 bits per heavy atom. The van der Waals surface area contributed by atoms with Gasteiger partial charge in [0.1, 0.15) is 0 Å². The molecule has 3 rings (SSSR count). The van der Waals surface area contributed by atoms with Crippen LogP contribution in [0.15, 0.2) is 57.5 Å². The van der Waals surface area contributed by atoms with Crippen LogP contribution in [0.25, 0.3) is 22.8 Å². The van der Waals surface area contributed by atoms with E-state index in [-0.39, 0.29) is 0 Å². The molecule has 3 aromatic rings. The molecule has 0 aliphatic carbocycles. The molecule has 0 amide bonds. The minimum absolute atomic E-state index is 0.524. The van der Waals surface area contributed by atoms with Crippen LogP contribution >= 0.6 is 31.9 Å². The first kappa shape index (κ1) is 11.4. The van der Waals surface area contributed by atoms with E-state index in [0.29, 0.717) is 11.6 Å². The molecule has 0 aliphatic rings. The van der Waals surface area contributed by atoms with Crippen molar-refractivity contribution in [3.8, 4) is 22.8 Å². The predicted octanol–water partition coefficient (Wildman–Crippen LogP) is 4.66. The molecule has 0 saturated carbocycles. The van der Waals surface area contributed by atoms with E-state index in [2.05, 4.69) is 42.1 Å². The van der Waals surface area contributed by atoms with Crippen molar-refractivity contribution >= 4 is 31.9 Å². The molecule has 1 aromatic heterocycles. The highest BCUT2D eigenvalue weighted by Gasteiger charge is 2.07. The van der Waals surface area contributed by atoms with Crippen LogP contribution < -0.4 is 0 Å². The fourth-order valence-electron chi connectivity index (χ4n) is 1.68. The van der Waals surface area contributed by atoms with Crippen LogP contribution in [0.3, 0.4) is 0 Å². The average Bonchev–Trinajstić information content (AvgIpc) is 2.83. The third kappa shape index (κ3) is 2.77. The van der Waals surface area contributed by atoms with Crippen LogP contribution in [-0.2, 0) is 0 Å². The van der Waals surface area contributed by atoms with E-state index in [4.69, 9.17) is 1.41 Å². The molecule has 0 saturated heterocycles. The maximum Gasteiger partial charge on any atom is 0.170 e. The summed E-state index contributed by atoms with van der Waals surface area (Å²) in [5, 5.41) is 8.23. The van der Waals surface area contributed by atoms with Crippen LogP contribution in [0.4, 0.5) is 0 Å². The second-order valence-corrected chi connectivity index (χ2v) is 5.80. The van der Waals surface area contributed by atoms with E-state index in [1.165, 1.54) is 4.98 Å². The van der Waals surface area contributed by atoms with E-state index in [1.807, 2.05) is 48.5 Å². The lowest BCUT2D eigenvalue weighted by Gasteiger charge is -1.97. The summed E-state index contributed by atoms with van der Waals surface area (Å²) < 4.78 is 10.2. The van der Waals surface area contributed by atoms with Crippen LogP contribution in [0, 0.1) is 0 Å². The van der Waals surface area contributed by atoms with Crippen molar-refractivity contribution in [2.24, 2.45) is 0 Å². The zero-order chi connectivity index (χ0) is 14.1. The second-order valence-electron chi connectivity index (χ2n) is 3.97. The van der Waals surface area contributed by atoms with Gasteiger partial charge in [0.2, 0.25) is 0 Å². The zero-order valence-corrected chi connectivity index (χ0v) is 12.9. The van der Waals surface area contributed by atoms with Crippen LogP contribution in [-0.4, -0.2) is 15.2 Å². The summed E-state index contributed by atoms with van der Waals surface area (Å²) in [5.74, 6) is 1.05. The Morgan fingerprint density at radius 2 is 1.11 bits per heavy atom. The van der Waals surface area contributed by atoms with Gasteiger partial charge in [0.25, 0.3) is 0 Å². The van der Waals surface area contributed by atoms with Crippen LogP contribution in [0.1, 0.15) is 0 Å². The average molecular weight is 380 g/mol. The molecule has 0 radical (unpaired) electrons. The predicted molar refractivity (Wildman–Crippen MR) is 82.7 cm³/mol. The topological polar surface area (TPSA) is 41.6 Å². The highest BCUT2D eigenvalue weighted by Crippen LogP contribution is 2.22. The van der Waals surface area contributed by atoms with Gasteiger partial charge in [-0.2, -0.15) is 0 Å². The van der Waals surface area contributed by atoms with Crippen molar-refractivity contribution in [3.05, 3.63) is 57.5 Å². The smallest absolute Gasteiger partial charge is 0.170 e. The van der Waals surface area contributed by atoms with Gasteiger partial charge in [-0.1, -0.05) is 56.1 Å². The van der Waals surface area contributed by atoms with E-state index < -0.39 is 0 Å². The van der Waals surface area contributed by atoms with Gasteiger partial charge >= 0.3 is 0 Å². The lowest BCUT2D eigenvalue weighted by atomic mass is 10.2. The molecule has 1 heterocycles. The molecule has 5 heteroatoms. The molecular formula is C14H9Br2N3. The van der Waals surface area contributed by atoms with Crippen molar-refractivity contribution in [2.75, 3.05) is 0 Å². The first-order valence-electron chi connectivity index (χ1n) is 6.06. The van der Waals surface area contributed by atoms with Crippen molar-refractivity contribution in [1.82, 2.24) is 15.2 Å². The quantitative estimate of drug-likeness (QED) is 0.703. The number of aromatic amines is 1. The Kier molecular flexibility index (Phi) is 3.15. The summed E-state index contributed by atoms with van der Waals surface area (Å²) in [6.07, 6.45) is 0. The molecule has 3 nitrogen and oxygen atoms in total. The number of hydrogen-bond donors (Lipinski definition) is 1. The summed E-state index contributed by atoms with van der Waals surface area (Å²) in [5.41, 5.74) is 1.72. The Hall–Kier alpha value is -1.46. The number of benzene rings is 2. The number of aromatic nitrogens is 3. The molecule has 0 atom stereocenters. The second kappa shape index (κ2) is 5.27. The van der Waals surface area contributed by atoms with Crippen molar-refractivity contribution in [1.29, 1.82) is 0 Å². The third-order valence-corrected chi connectivity index (χ3v) is 3.71. The lowest BCUT2D eigenvalue weighted by Crippen LogP contribution is -1.81. The van der Waals surface area contributed by atoms with Crippen molar-refractivity contribution in [3.63, 3.8) is 0 Å². The SMILES string of the molecule is [2H]n1c(-c2ccc(Br)cc2)nnc1-c1ccc(Br)cc1. The summed E-state index contributed by atoms with van der Waals surface area (Å²) >= 11 is 6.78. The van der Waals surface area contributed by atoms with Gasteiger partial charge in [-0.05, 0) is 24.3 Å². The highest BCUT2D eigenvalue weighted by molar-refractivity contribution is 9.10. The maximum atomic E-state index is 8.18. The standard InChI is InChI=1S/C14H9Br2N3/c15-11-5-1-9(2-6-11)13-17-14(19-18-13)10-3-7-12(16)8-4-10/h1-8H,(H,17,18,19)/i/hD. The van der Waals surface area contributed by atoms with E-state index >= 15 is 0 Å². The fraction of sp³-hybridized carbons (Fsp3) is 0. The number of halogens is 2. The van der Waals surface area contributed by atoms with E-state index in [0.717, 1.165) is 20.1 Å². The first-order valence-corrected chi connectivity index (χ1v) is 7.20. The summed E-state index contributed by atoms with van der Waals surface area (Å²) in [6.45, 7) is 0. The maximum absolute atomic E-state index is 8.18. The summed E-state index contributed by atoms with van der Waals surface area (Å²) in [7, 11) is 0. The number of hydrogen-bond acceptors (Lipinski definition) is 2. The largest absolute Gasteiger partial charge is 0.321 e. The number of nitrogens with one attached hydrogen (secondary N) is 1. The molecule has 0 bridgehead atoms. The van der Waals surface area contributed by atoms with Gasteiger partial charge in [-0.15, -0.1) is 10.2 Å². The molecule has 1 N–H and O–H groups in total. The molecule has 0 aliphatic heterocycles. The molecule has 0 spiro atoms. The normalized spacial score (nSPS) is 11.4. The van der Waals surface area contributed by atoms with Crippen molar-refractivity contribution in [2.45, 2.75) is 0 Å². The Balaban J connectivity index is 2.04. The molecule has 94 valence electrons. The van der Waals surface area contributed by atoms with Gasteiger partial charge in [-0.3, -0.25) is 0 Å². The van der Waals surface area contributed by atoms with Crippen molar-refractivity contribution < 1.29 is 1.41 Å². The van der Waals surface area contributed by atoms with Crippen LogP contribution in [0.5, 0.6) is 0 Å². The van der Waals surface area contributed by atoms with E-state index in [9.17, 15) is 0 Å². The van der Waals surface area contributed by atoms with Gasteiger partial charge < -0.3 is 4.98 Å². The lowest BCUT2D eigenvalue weighted by molar-refractivity contribution is 1.10. The van der Waals surface area contributed by atoms with Gasteiger partial charge in [0, 0.05) is 20.1 Å². The fourth-order valence-corrected chi connectivity index (χ4v) is 2.21. The Labute approximate surface area is 128 Å². The van der Waals surface area contributed by atoms with Crippen LogP contribution in [0.2, 0.25) is 1.41 Å². The summed E-state index contributed by atoms with van der Waals surface area (Å²) in [4.78, 5) is 1.26.